The van der Waals surface area contributed by atoms with E-state index in [1.54, 1.807) is 11.3 Å². The summed E-state index contributed by atoms with van der Waals surface area (Å²) in [6.45, 7) is 4.57. The Balaban J connectivity index is 0.00000121. The van der Waals surface area contributed by atoms with E-state index >= 15 is 0 Å². The molecule has 2 aliphatic rings. The van der Waals surface area contributed by atoms with Crippen LogP contribution in [-0.4, -0.2) is 47.4 Å². The van der Waals surface area contributed by atoms with Crippen molar-refractivity contribution in [3.63, 3.8) is 0 Å². The molecule has 2 fully saturated rings. The fraction of sp³-hybridized carbons (Fsp3) is 0.667. The highest BCUT2D eigenvalue weighted by molar-refractivity contribution is 7.09. The number of rotatable bonds is 3. The van der Waals surface area contributed by atoms with Gasteiger partial charge in [-0.15, -0.1) is 36.2 Å². The zero-order valence-corrected chi connectivity index (χ0v) is 15.2. The fourth-order valence-electron chi connectivity index (χ4n) is 3.27. The Bertz CT molecular complexity index is 455. The van der Waals surface area contributed by atoms with Crippen molar-refractivity contribution in [3.05, 3.63) is 22.4 Å². The van der Waals surface area contributed by atoms with Gasteiger partial charge < -0.3 is 10.6 Å². The highest BCUT2D eigenvalue weighted by Crippen LogP contribution is 2.29. The van der Waals surface area contributed by atoms with Crippen LogP contribution in [0, 0.1) is 0 Å². The maximum Gasteiger partial charge on any atom is 0.242 e. The zero-order valence-electron chi connectivity index (χ0n) is 12.7. The molecule has 0 unspecified atom stereocenters. The lowest BCUT2D eigenvalue weighted by Crippen LogP contribution is -2.58. The SMILES string of the molecule is Cl.Cl.NC1(C(=O)N2CCN(Cc3cccs3)CC2)CCCC1. The van der Waals surface area contributed by atoms with Crippen molar-refractivity contribution in [3.8, 4) is 0 Å². The van der Waals surface area contributed by atoms with Crippen molar-refractivity contribution in [1.29, 1.82) is 0 Å². The molecule has 0 aromatic carbocycles. The minimum atomic E-state index is -0.560. The number of amides is 1. The van der Waals surface area contributed by atoms with Crippen LogP contribution < -0.4 is 5.73 Å². The second kappa shape index (κ2) is 8.50. The summed E-state index contributed by atoms with van der Waals surface area (Å²) in [5.41, 5.74) is 5.72. The molecule has 1 saturated heterocycles. The van der Waals surface area contributed by atoms with Gasteiger partial charge in [-0.2, -0.15) is 0 Å². The molecule has 126 valence electrons. The number of halogens is 2. The highest BCUT2D eigenvalue weighted by atomic mass is 35.5. The normalized spacial score (nSPS) is 21.0. The summed E-state index contributed by atoms with van der Waals surface area (Å²) in [6, 6.07) is 4.27. The number of hydrogen-bond donors (Lipinski definition) is 1. The van der Waals surface area contributed by atoms with Crippen LogP contribution in [0.4, 0.5) is 0 Å². The predicted molar refractivity (Wildman–Crippen MR) is 96.1 cm³/mol. The van der Waals surface area contributed by atoms with Gasteiger partial charge in [0.2, 0.25) is 5.91 Å². The van der Waals surface area contributed by atoms with Crippen molar-refractivity contribution >= 4 is 42.1 Å². The third-order valence-electron chi connectivity index (χ3n) is 4.54. The minimum Gasteiger partial charge on any atom is -0.339 e. The standard InChI is InChI=1S/C15H23N3OS.2ClH/c16-15(5-1-2-6-15)14(19)18-9-7-17(8-10-18)12-13-4-3-11-20-13;;/h3-4,11H,1-2,5-10,12,16H2;2*1H. The Hall–Kier alpha value is -0.330. The first-order valence-corrected chi connectivity index (χ1v) is 8.38. The largest absolute Gasteiger partial charge is 0.339 e. The highest BCUT2D eigenvalue weighted by Gasteiger charge is 2.40. The predicted octanol–water partition coefficient (Wildman–Crippen LogP) is 2.51. The van der Waals surface area contributed by atoms with Gasteiger partial charge in [-0.25, -0.2) is 0 Å². The molecule has 1 aromatic heterocycles. The molecule has 0 spiro atoms. The number of hydrogen-bond acceptors (Lipinski definition) is 4. The Labute approximate surface area is 148 Å². The molecule has 1 aliphatic carbocycles. The Morgan fingerprint density at radius 1 is 1.18 bits per heavy atom. The number of nitrogens with zero attached hydrogens (tertiary/aromatic N) is 2. The molecule has 1 amide bonds. The summed E-state index contributed by atoms with van der Waals surface area (Å²) in [4.78, 5) is 18.3. The zero-order chi connectivity index (χ0) is 14.0. The minimum absolute atomic E-state index is 0. The van der Waals surface area contributed by atoms with E-state index in [0.29, 0.717) is 0 Å². The molecule has 1 aromatic rings. The third-order valence-corrected chi connectivity index (χ3v) is 5.40. The van der Waals surface area contributed by atoms with E-state index in [2.05, 4.69) is 22.4 Å². The van der Waals surface area contributed by atoms with Crippen LogP contribution in [0.15, 0.2) is 17.5 Å². The quantitative estimate of drug-likeness (QED) is 0.894. The van der Waals surface area contributed by atoms with Gasteiger partial charge in [0.1, 0.15) is 0 Å². The van der Waals surface area contributed by atoms with Gasteiger partial charge in [-0.3, -0.25) is 9.69 Å². The fourth-order valence-corrected chi connectivity index (χ4v) is 4.01. The van der Waals surface area contributed by atoms with Crippen LogP contribution in [0.3, 0.4) is 0 Å². The van der Waals surface area contributed by atoms with E-state index in [0.717, 1.165) is 58.4 Å². The molecule has 7 heteroatoms. The van der Waals surface area contributed by atoms with Crippen molar-refractivity contribution in [2.45, 2.75) is 37.8 Å². The Morgan fingerprint density at radius 2 is 1.82 bits per heavy atom. The topological polar surface area (TPSA) is 49.6 Å². The molecule has 0 bridgehead atoms. The van der Waals surface area contributed by atoms with Gasteiger partial charge in [0.25, 0.3) is 0 Å². The second-order valence-corrected chi connectivity index (χ2v) is 7.04. The van der Waals surface area contributed by atoms with Crippen LogP contribution in [0.25, 0.3) is 0 Å². The van der Waals surface area contributed by atoms with Crippen molar-refractivity contribution < 1.29 is 4.79 Å². The molecule has 1 saturated carbocycles. The molecule has 4 nitrogen and oxygen atoms in total. The van der Waals surface area contributed by atoms with Gasteiger partial charge >= 0.3 is 0 Å². The van der Waals surface area contributed by atoms with E-state index in [4.69, 9.17) is 5.73 Å². The van der Waals surface area contributed by atoms with E-state index in [1.165, 1.54) is 4.88 Å². The number of piperazine rings is 1. The lowest BCUT2D eigenvalue weighted by atomic mass is 9.97. The lowest BCUT2D eigenvalue weighted by Gasteiger charge is -2.38. The van der Waals surface area contributed by atoms with Gasteiger partial charge in [0.15, 0.2) is 0 Å². The monoisotopic (exact) mass is 365 g/mol. The van der Waals surface area contributed by atoms with E-state index in [-0.39, 0.29) is 30.7 Å². The number of carbonyl (C=O) groups excluding carboxylic acids is 1. The Morgan fingerprint density at radius 3 is 2.36 bits per heavy atom. The van der Waals surface area contributed by atoms with Crippen LogP contribution >= 0.6 is 36.2 Å². The summed E-state index contributed by atoms with van der Waals surface area (Å²) < 4.78 is 0. The van der Waals surface area contributed by atoms with Gasteiger partial charge in [-0.05, 0) is 24.3 Å². The molecule has 22 heavy (non-hydrogen) atoms. The summed E-state index contributed by atoms with van der Waals surface area (Å²) in [5, 5.41) is 2.12. The van der Waals surface area contributed by atoms with Gasteiger partial charge in [0, 0.05) is 37.6 Å². The summed E-state index contributed by atoms with van der Waals surface area (Å²) in [7, 11) is 0. The average Bonchev–Trinajstić information content (AvgIpc) is 3.11. The van der Waals surface area contributed by atoms with Crippen LogP contribution in [-0.2, 0) is 11.3 Å². The molecule has 0 radical (unpaired) electrons. The molecule has 2 N–H and O–H groups in total. The number of nitrogens with two attached hydrogens (primary N) is 1. The van der Waals surface area contributed by atoms with E-state index in [9.17, 15) is 4.79 Å². The van der Waals surface area contributed by atoms with Crippen molar-refractivity contribution in [2.75, 3.05) is 26.2 Å². The molecule has 2 heterocycles. The second-order valence-electron chi connectivity index (χ2n) is 6.01. The third kappa shape index (κ3) is 4.36. The smallest absolute Gasteiger partial charge is 0.242 e. The summed E-state index contributed by atoms with van der Waals surface area (Å²) >= 11 is 1.80. The van der Waals surface area contributed by atoms with Crippen molar-refractivity contribution in [2.24, 2.45) is 5.73 Å². The maximum absolute atomic E-state index is 12.5. The van der Waals surface area contributed by atoms with Crippen LogP contribution in [0.1, 0.15) is 30.6 Å². The molecule has 0 atom stereocenters. The Kier molecular flexibility index (Phi) is 7.62. The van der Waals surface area contributed by atoms with Crippen molar-refractivity contribution in [1.82, 2.24) is 9.80 Å². The van der Waals surface area contributed by atoms with Crippen LogP contribution in [0.2, 0.25) is 0 Å². The first-order valence-electron chi connectivity index (χ1n) is 7.50. The van der Waals surface area contributed by atoms with E-state index < -0.39 is 5.54 Å². The lowest BCUT2D eigenvalue weighted by molar-refractivity contribution is -0.138. The van der Waals surface area contributed by atoms with E-state index in [1.807, 2.05) is 4.90 Å². The van der Waals surface area contributed by atoms with Gasteiger partial charge in [0.05, 0.1) is 5.54 Å². The molecular formula is C15H25Cl2N3OS. The maximum atomic E-state index is 12.5. The average molecular weight is 366 g/mol. The number of carbonyl (C=O) groups is 1. The first-order chi connectivity index (χ1) is 9.67. The first kappa shape index (κ1) is 19.7. The summed E-state index contributed by atoms with van der Waals surface area (Å²) in [6.07, 6.45) is 3.92. The molecular weight excluding hydrogens is 341 g/mol. The number of thiophene rings is 1. The molecule has 3 rings (SSSR count). The van der Waals surface area contributed by atoms with Crippen LogP contribution in [0.5, 0.6) is 0 Å². The molecule has 1 aliphatic heterocycles. The summed E-state index contributed by atoms with van der Waals surface area (Å²) in [5.74, 6) is 0.186. The van der Waals surface area contributed by atoms with Gasteiger partial charge in [-0.1, -0.05) is 18.9 Å².